The van der Waals surface area contributed by atoms with E-state index in [1.807, 2.05) is 36.4 Å². The van der Waals surface area contributed by atoms with Crippen molar-refractivity contribution in [1.82, 2.24) is 10.2 Å². The molecule has 0 unspecified atom stereocenters. The zero-order valence-corrected chi connectivity index (χ0v) is 17.5. The van der Waals surface area contributed by atoms with Gasteiger partial charge < -0.3 is 5.32 Å². The van der Waals surface area contributed by atoms with Crippen LogP contribution in [0, 0.1) is 0 Å². The Morgan fingerprint density at radius 1 is 0.767 bits per heavy atom. The van der Waals surface area contributed by atoms with E-state index < -0.39 is 0 Å². The highest BCUT2D eigenvalue weighted by Crippen LogP contribution is 2.27. The van der Waals surface area contributed by atoms with Crippen molar-refractivity contribution in [3.8, 4) is 0 Å². The summed E-state index contributed by atoms with van der Waals surface area (Å²) in [4.78, 5) is 15.4. The Labute approximate surface area is 179 Å². The van der Waals surface area contributed by atoms with Gasteiger partial charge in [-0.25, -0.2) is 0 Å². The summed E-state index contributed by atoms with van der Waals surface area (Å²) in [6.45, 7) is 3.91. The number of nitrogens with one attached hydrogen (secondary N) is 1. The number of amides is 1. The average Bonchev–Trinajstić information content (AvgIpc) is 3.31. The minimum Gasteiger partial charge on any atom is -0.352 e. The van der Waals surface area contributed by atoms with Gasteiger partial charge in [0.2, 0.25) is 5.91 Å². The molecule has 0 atom stereocenters. The average molecular weight is 399 g/mol. The van der Waals surface area contributed by atoms with Crippen LogP contribution in [-0.2, 0) is 17.9 Å². The Kier molecular flexibility index (Phi) is 6.94. The lowest BCUT2D eigenvalue weighted by Gasteiger charge is -2.19. The monoisotopic (exact) mass is 398 g/mol. The fourth-order valence-corrected chi connectivity index (χ4v) is 4.32. The normalized spacial score (nSPS) is 14.2. The van der Waals surface area contributed by atoms with Gasteiger partial charge in [-0.1, -0.05) is 84.9 Å². The molecule has 0 aliphatic carbocycles. The molecule has 1 N–H and O–H groups in total. The highest BCUT2D eigenvalue weighted by atomic mass is 16.1. The molecule has 0 radical (unpaired) electrons. The smallest absolute Gasteiger partial charge is 0.221 e. The molecule has 3 aromatic carbocycles. The largest absolute Gasteiger partial charge is 0.352 e. The Morgan fingerprint density at radius 2 is 1.30 bits per heavy atom. The quantitative estimate of drug-likeness (QED) is 0.571. The third kappa shape index (κ3) is 5.37. The first-order valence-corrected chi connectivity index (χ1v) is 11.0. The number of hydrogen-bond acceptors (Lipinski definition) is 2. The molecular formula is C27H30N2O. The van der Waals surface area contributed by atoms with Crippen LogP contribution in [0.2, 0.25) is 0 Å². The summed E-state index contributed by atoms with van der Waals surface area (Å²) in [5, 5.41) is 3.18. The molecule has 1 fully saturated rings. The third-order valence-electron chi connectivity index (χ3n) is 5.98. The first-order valence-electron chi connectivity index (χ1n) is 11.0. The van der Waals surface area contributed by atoms with Crippen LogP contribution in [0.15, 0.2) is 84.9 Å². The summed E-state index contributed by atoms with van der Waals surface area (Å²) in [6.07, 6.45) is 3.03. The van der Waals surface area contributed by atoms with Crippen molar-refractivity contribution in [1.29, 1.82) is 0 Å². The van der Waals surface area contributed by atoms with Crippen LogP contribution >= 0.6 is 0 Å². The van der Waals surface area contributed by atoms with Crippen LogP contribution in [-0.4, -0.2) is 23.9 Å². The van der Waals surface area contributed by atoms with E-state index in [4.69, 9.17) is 0 Å². The standard InChI is InChI=1S/C27H30N2O/c30-27(19-26(22-11-3-1-4-12-22)23-13-5-2-6-14-23)28-20-24-15-7-8-16-25(24)21-29-17-9-10-18-29/h1-8,11-16,26H,9-10,17-21H2,(H,28,30). The summed E-state index contributed by atoms with van der Waals surface area (Å²) in [6, 6.07) is 29.1. The highest BCUT2D eigenvalue weighted by molar-refractivity contribution is 5.77. The van der Waals surface area contributed by atoms with Crippen molar-refractivity contribution in [2.45, 2.75) is 38.3 Å². The second-order valence-corrected chi connectivity index (χ2v) is 8.11. The molecule has 1 heterocycles. The van der Waals surface area contributed by atoms with Gasteiger partial charge in [0.1, 0.15) is 0 Å². The van der Waals surface area contributed by atoms with Crippen molar-refractivity contribution in [3.63, 3.8) is 0 Å². The number of nitrogens with zero attached hydrogens (tertiary/aromatic N) is 1. The van der Waals surface area contributed by atoms with Gasteiger partial charge in [-0.2, -0.15) is 0 Å². The molecule has 0 saturated carbocycles. The second kappa shape index (κ2) is 10.2. The van der Waals surface area contributed by atoms with E-state index in [2.05, 4.69) is 58.7 Å². The first-order chi connectivity index (χ1) is 14.8. The van der Waals surface area contributed by atoms with Crippen LogP contribution in [0.1, 0.15) is 47.4 Å². The zero-order valence-electron chi connectivity index (χ0n) is 17.5. The third-order valence-corrected chi connectivity index (χ3v) is 5.98. The van der Waals surface area contributed by atoms with Gasteiger partial charge in [-0.05, 0) is 48.2 Å². The van der Waals surface area contributed by atoms with Crippen molar-refractivity contribution in [2.75, 3.05) is 13.1 Å². The second-order valence-electron chi connectivity index (χ2n) is 8.11. The Morgan fingerprint density at radius 3 is 1.90 bits per heavy atom. The Balaban J connectivity index is 1.42. The highest BCUT2D eigenvalue weighted by Gasteiger charge is 2.18. The minimum absolute atomic E-state index is 0.0623. The van der Waals surface area contributed by atoms with Crippen molar-refractivity contribution in [2.24, 2.45) is 0 Å². The van der Waals surface area contributed by atoms with Crippen LogP contribution in [0.3, 0.4) is 0 Å². The molecule has 1 amide bonds. The summed E-state index contributed by atoms with van der Waals surface area (Å²) >= 11 is 0. The van der Waals surface area contributed by atoms with E-state index in [1.54, 1.807) is 0 Å². The predicted molar refractivity (Wildman–Crippen MR) is 122 cm³/mol. The van der Waals surface area contributed by atoms with E-state index in [9.17, 15) is 4.79 Å². The van der Waals surface area contributed by atoms with E-state index >= 15 is 0 Å². The van der Waals surface area contributed by atoms with Crippen LogP contribution < -0.4 is 5.32 Å². The van der Waals surface area contributed by atoms with Crippen molar-refractivity contribution >= 4 is 5.91 Å². The van der Waals surface area contributed by atoms with E-state index in [0.29, 0.717) is 13.0 Å². The summed E-state index contributed by atoms with van der Waals surface area (Å²) in [5.41, 5.74) is 4.89. The molecule has 3 heteroatoms. The lowest BCUT2D eigenvalue weighted by Crippen LogP contribution is -2.26. The number of carbonyl (C=O) groups is 1. The van der Waals surface area contributed by atoms with E-state index in [0.717, 1.165) is 6.54 Å². The fourth-order valence-electron chi connectivity index (χ4n) is 4.32. The molecule has 0 aromatic heterocycles. The Bertz CT molecular complexity index is 894. The number of benzene rings is 3. The molecule has 0 spiro atoms. The van der Waals surface area contributed by atoms with Gasteiger partial charge in [-0.3, -0.25) is 9.69 Å². The number of likely N-dealkylation sites (tertiary alicyclic amines) is 1. The van der Waals surface area contributed by atoms with Crippen molar-refractivity contribution in [3.05, 3.63) is 107 Å². The SMILES string of the molecule is O=C(CC(c1ccccc1)c1ccccc1)NCc1ccccc1CN1CCCC1. The van der Waals surface area contributed by atoms with Gasteiger partial charge in [0, 0.05) is 25.4 Å². The summed E-state index contributed by atoms with van der Waals surface area (Å²) < 4.78 is 0. The van der Waals surface area contributed by atoms with Gasteiger partial charge in [0.25, 0.3) is 0 Å². The molecule has 1 aliphatic rings. The van der Waals surface area contributed by atoms with Gasteiger partial charge >= 0.3 is 0 Å². The zero-order chi connectivity index (χ0) is 20.6. The topological polar surface area (TPSA) is 32.3 Å². The van der Waals surface area contributed by atoms with Gasteiger partial charge in [-0.15, -0.1) is 0 Å². The lowest BCUT2D eigenvalue weighted by molar-refractivity contribution is -0.121. The molecule has 3 nitrogen and oxygen atoms in total. The molecule has 30 heavy (non-hydrogen) atoms. The maximum Gasteiger partial charge on any atom is 0.221 e. The molecule has 154 valence electrons. The molecule has 3 aromatic rings. The van der Waals surface area contributed by atoms with E-state index in [-0.39, 0.29) is 11.8 Å². The molecule has 4 rings (SSSR count). The number of hydrogen-bond donors (Lipinski definition) is 1. The summed E-state index contributed by atoms with van der Waals surface area (Å²) in [5.74, 6) is 0.149. The number of carbonyl (C=O) groups excluding carboxylic acids is 1. The number of rotatable bonds is 8. The summed E-state index contributed by atoms with van der Waals surface area (Å²) in [7, 11) is 0. The fraction of sp³-hybridized carbons (Fsp3) is 0.296. The minimum atomic E-state index is 0.0623. The molecule has 0 bridgehead atoms. The van der Waals surface area contributed by atoms with Crippen molar-refractivity contribution < 1.29 is 4.79 Å². The van der Waals surface area contributed by atoms with E-state index in [1.165, 1.54) is 48.2 Å². The molecule has 1 saturated heterocycles. The van der Waals surface area contributed by atoms with Crippen LogP contribution in [0.4, 0.5) is 0 Å². The first kappa shape index (κ1) is 20.4. The molecule has 1 aliphatic heterocycles. The van der Waals surface area contributed by atoms with Crippen LogP contribution in [0.25, 0.3) is 0 Å². The molecular weight excluding hydrogens is 368 g/mol. The Hall–Kier alpha value is -2.91. The maximum absolute atomic E-state index is 12.9. The maximum atomic E-state index is 12.9. The van der Waals surface area contributed by atoms with Gasteiger partial charge in [0.05, 0.1) is 0 Å². The van der Waals surface area contributed by atoms with Crippen LogP contribution in [0.5, 0.6) is 0 Å². The lowest BCUT2D eigenvalue weighted by atomic mass is 9.88. The predicted octanol–water partition coefficient (Wildman–Crippen LogP) is 5.12. The van der Waals surface area contributed by atoms with Gasteiger partial charge in [0.15, 0.2) is 0 Å².